The molecular formula is C43H52O16. The number of aliphatic hydroxyl groups excluding tert-OH is 1. The van der Waals surface area contributed by atoms with Crippen molar-refractivity contribution in [3.05, 3.63) is 52.1 Å². The number of phenolic OH excluding ortho intramolecular Hbond substituents is 1. The number of hydrogen-bond donors (Lipinski definition) is 4. The highest BCUT2D eigenvalue weighted by molar-refractivity contribution is 6.32. The number of allylic oxidation sites excluding steroid dienone is 2. The lowest BCUT2D eigenvalue weighted by Gasteiger charge is -2.53. The third-order valence-electron chi connectivity index (χ3n) is 13.0. The van der Waals surface area contributed by atoms with E-state index in [2.05, 4.69) is 0 Å². The number of carbonyl (C=O) groups excluding carboxylic acids is 5. The molecule has 1 aromatic carbocycles. The fourth-order valence-corrected chi connectivity index (χ4v) is 9.83. The van der Waals surface area contributed by atoms with Crippen LogP contribution >= 0.6 is 0 Å². The van der Waals surface area contributed by atoms with Crippen LogP contribution in [0, 0.1) is 0 Å². The number of ketones is 5. The third-order valence-corrected chi connectivity index (χ3v) is 13.0. The summed E-state index contributed by atoms with van der Waals surface area (Å²) in [5, 5.41) is 47.1. The minimum Gasteiger partial charge on any atom is -0.507 e. The Balaban J connectivity index is 0.961. The molecule has 4 aliphatic heterocycles. The van der Waals surface area contributed by atoms with Crippen LogP contribution in [0.2, 0.25) is 0 Å². The molecule has 5 fully saturated rings. The molecule has 1 aromatic rings. The molecule has 7 aliphatic rings. The Morgan fingerprint density at radius 2 is 1.44 bits per heavy atom. The zero-order chi connectivity index (χ0) is 42.3. The fourth-order valence-electron chi connectivity index (χ4n) is 9.83. The minimum atomic E-state index is -2.81. The van der Waals surface area contributed by atoms with Gasteiger partial charge in [-0.15, -0.1) is 0 Å². The largest absolute Gasteiger partial charge is 0.507 e. The number of hydrogen-bond acceptors (Lipinski definition) is 16. The maximum Gasteiger partial charge on any atom is 0.198 e. The van der Waals surface area contributed by atoms with Gasteiger partial charge < -0.3 is 53.6 Å². The van der Waals surface area contributed by atoms with Crippen LogP contribution < -0.4 is 0 Å². The summed E-state index contributed by atoms with van der Waals surface area (Å²) in [4.78, 5) is 66.4. The Morgan fingerprint density at radius 1 is 0.780 bits per heavy atom. The number of Topliss-reactive ketones (excluding diaryl/α,β-unsaturated/α-hetero) is 5. The first-order valence-electron chi connectivity index (χ1n) is 20.5. The molecule has 4 N–H and O–H groups in total. The van der Waals surface area contributed by atoms with Crippen molar-refractivity contribution in [2.75, 3.05) is 0 Å². The predicted molar refractivity (Wildman–Crippen MR) is 201 cm³/mol. The van der Waals surface area contributed by atoms with Crippen molar-refractivity contribution in [1.82, 2.24) is 0 Å². The van der Waals surface area contributed by atoms with Gasteiger partial charge in [0.05, 0.1) is 47.3 Å². The maximum atomic E-state index is 14.3. The summed E-state index contributed by atoms with van der Waals surface area (Å²) in [6, 6.07) is 2.69. The van der Waals surface area contributed by atoms with Gasteiger partial charge in [-0.05, 0) is 53.2 Å². The summed E-state index contributed by atoms with van der Waals surface area (Å²) < 4.78 is 42.1. The Kier molecular flexibility index (Phi) is 11.0. The summed E-state index contributed by atoms with van der Waals surface area (Å²) in [6.07, 6.45) is -3.71. The molecule has 16 heteroatoms. The van der Waals surface area contributed by atoms with E-state index < -0.39 is 113 Å². The van der Waals surface area contributed by atoms with Gasteiger partial charge in [0.2, 0.25) is 0 Å². The van der Waals surface area contributed by atoms with Crippen LogP contribution in [-0.4, -0.2) is 128 Å². The van der Waals surface area contributed by atoms with Gasteiger partial charge in [0.25, 0.3) is 0 Å². The van der Waals surface area contributed by atoms with Gasteiger partial charge in [-0.2, -0.15) is 0 Å². The van der Waals surface area contributed by atoms with Gasteiger partial charge in [0.15, 0.2) is 53.4 Å². The summed E-state index contributed by atoms with van der Waals surface area (Å²) in [5.74, 6) is -3.26. The monoisotopic (exact) mass is 824 g/mol. The molecule has 1 saturated carbocycles. The molecule has 8 rings (SSSR count). The van der Waals surface area contributed by atoms with E-state index in [9.17, 15) is 44.4 Å². The van der Waals surface area contributed by atoms with Crippen LogP contribution in [0.1, 0.15) is 125 Å². The highest BCUT2D eigenvalue weighted by atomic mass is 16.7. The van der Waals surface area contributed by atoms with Gasteiger partial charge in [-0.3, -0.25) is 24.0 Å². The second-order valence-electron chi connectivity index (χ2n) is 17.4. The Labute approximate surface area is 340 Å². The molecular weight excluding hydrogens is 772 g/mol. The lowest BCUT2D eigenvalue weighted by atomic mass is 9.57. The van der Waals surface area contributed by atoms with Crippen molar-refractivity contribution >= 4 is 28.9 Å². The predicted octanol–water partition coefficient (Wildman–Crippen LogP) is 2.93. The number of benzene rings is 1. The molecule has 14 atom stereocenters. The quantitative estimate of drug-likeness (QED) is 0.310. The summed E-state index contributed by atoms with van der Waals surface area (Å²) >= 11 is 0. The van der Waals surface area contributed by atoms with Crippen LogP contribution in [-0.2, 0) is 47.5 Å². The topological polar surface area (TPSA) is 231 Å². The average Bonchev–Trinajstić information content (AvgIpc) is 3.16. The average molecular weight is 825 g/mol. The molecule has 0 bridgehead atoms. The Morgan fingerprint density at radius 3 is 2.07 bits per heavy atom. The summed E-state index contributed by atoms with van der Waals surface area (Å²) in [6.45, 7) is 8.44. The third kappa shape index (κ3) is 7.28. The molecule has 0 unspecified atom stereocenters. The number of aromatic hydroxyl groups is 1. The van der Waals surface area contributed by atoms with E-state index in [1.807, 2.05) is 6.92 Å². The highest BCUT2D eigenvalue weighted by Gasteiger charge is 2.67. The zero-order valence-electron chi connectivity index (χ0n) is 33.7. The lowest BCUT2D eigenvalue weighted by molar-refractivity contribution is -0.296. The zero-order valence-corrected chi connectivity index (χ0v) is 33.7. The molecule has 0 aromatic heterocycles. The first-order chi connectivity index (χ1) is 27.8. The standard InChI is InChI=1S/C43H52O16/c1-19-26(44)8-11-32(54-19)57-29-10-13-34(56-21(29)3)59-41(5)17-31(47)43(52)36-25(14-15-42(43,51)18-41)38(49)35-24(39(36)50)7-6-23(37(35)48)30-16-28(46)40(22(4)53-30)58-33-12-9-27(45)20(2)55-33/h6-7,14-15,19-22,28-30,32-34,40,46,48,51-52H,8-13,16-18H2,1-5H3/t19-,20+,21-,22+,28+,29+,30-,32+,33-,34-,40-,41+,42-,43+/m1/s1. The first-order valence-corrected chi connectivity index (χ1v) is 20.5. The van der Waals surface area contributed by atoms with Gasteiger partial charge in [0, 0.05) is 68.1 Å². The second kappa shape index (κ2) is 15.4. The first kappa shape index (κ1) is 42.2. The number of carbonyl (C=O) groups is 5. The van der Waals surface area contributed by atoms with E-state index in [0.717, 1.165) is 6.08 Å². The van der Waals surface area contributed by atoms with Crippen molar-refractivity contribution in [1.29, 1.82) is 0 Å². The van der Waals surface area contributed by atoms with Crippen molar-refractivity contribution in [3.63, 3.8) is 0 Å². The highest BCUT2D eigenvalue weighted by Crippen LogP contribution is 2.53. The molecule has 320 valence electrons. The molecule has 0 radical (unpaired) electrons. The fraction of sp³-hybridized carbons (Fsp3) is 0.651. The second-order valence-corrected chi connectivity index (χ2v) is 17.4. The normalized spacial score (nSPS) is 42.7. The number of aliphatic hydroxyl groups is 3. The van der Waals surface area contributed by atoms with Gasteiger partial charge in [-0.25, -0.2) is 0 Å². The summed E-state index contributed by atoms with van der Waals surface area (Å²) in [7, 11) is 0. The molecule has 0 amide bonds. The Hall–Kier alpha value is -3.55. The number of phenols is 1. The van der Waals surface area contributed by atoms with E-state index in [1.54, 1.807) is 27.7 Å². The van der Waals surface area contributed by atoms with Crippen molar-refractivity contribution in [2.45, 2.75) is 177 Å². The molecule has 16 nitrogen and oxygen atoms in total. The van der Waals surface area contributed by atoms with Crippen LogP contribution in [0.25, 0.3) is 0 Å². The van der Waals surface area contributed by atoms with Crippen molar-refractivity contribution < 1.29 is 77.6 Å². The molecule has 4 heterocycles. The number of fused-ring (bicyclic) bond motifs is 3. The van der Waals surface area contributed by atoms with Crippen molar-refractivity contribution in [2.24, 2.45) is 0 Å². The van der Waals surface area contributed by atoms with E-state index >= 15 is 0 Å². The smallest absolute Gasteiger partial charge is 0.198 e. The van der Waals surface area contributed by atoms with Gasteiger partial charge in [-0.1, -0.05) is 12.1 Å². The molecule has 0 spiro atoms. The van der Waals surface area contributed by atoms with Crippen LogP contribution in [0.5, 0.6) is 5.75 Å². The van der Waals surface area contributed by atoms with Gasteiger partial charge in [0.1, 0.15) is 29.7 Å². The SMILES string of the molecule is C[C@@H]1O[C@H](O[C@@H]2[C@H](C)O[C@@H](c3ccc4c(c3O)C(=O)C3=C(C4=O)[C@@]4(O)C(=O)C[C@](C)(O[C@@H]5CC[C@H](O[C@H]6CCC(=O)[C@@H](C)O6)[C@@H](C)O5)C[C@]4(O)C=C3)C[C@@H]2O)CCC1=O. The molecule has 59 heavy (non-hydrogen) atoms. The maximum absolute atomic E-state index is 14.3. The molecule has 3 aliphatic carbocycles. The van der Waals surface area contributed by atoms with E-state index in [1.165, 1.54) is 18.2 Å². The van der Waals surface area contributed by atoms with Crippen LogP contribution in [0.3, 0.4) is 0 Å². The lowest BCUT2D eigenvalue weighted by Crippen LogP contribution is -2.69. The van der Waals surface area contributed by atoms with Gasteiger partial charge >= 0.3 is 0 Å². The van der Waals surface area contributed by atoms with Crippen LogP contribution in [0.4, 0.5) is 0 Å². The number of rotatable bonds is 7. The molecule has 4 saturated heterocycles. The van der Waals surface area contributed by atoms with Crippen LogP contribution in [0.15, 0.2) is 35.4 Å². The van der Waals surface area contributed by atoms with E-state index in [-0.39, 0.29) is 59.2 Å². The van der Waals surface area contributed by atoms with E-state index in [0.29, 0.717) is 32.1 Å². The minimum absolute atomic E-state index is 0.0268. The summed E-state index contributed by atoms with van der Waals surface area (Å²) in [5.41, 5.74) is -7.96. The van der Waals surface area contributed by atoms with E-state index in [4.69, 9.17) is 33.2 Å². The van der Waals surface area contributed by atoms with Crippen molar-refractivity contribution in [3.8, 4) is 5.75 Å². The number of ether oxygens (including phenoxy) is 7. The Bertz CT molecular complexity index is 2000.